The number of nitrogens with one attached hydrogen (secondary N) is 2. The van der Waals surface area contributed by atoms with Crippen LogP contribution < -0.4 is 10.0 Å². The van der Waals surface area contributed by atoms with Gasteiger partial charge in [0.2, 0.25) is 10.0 Å². The monoisotopic (exact) mass is 274 g/mol. The van der Waals surface area contributed by atoms with Crippen LogP contribution in [-0.4, -0.2) is 33.3 Å². The molecule has 1 aliphatic heterocycles. The first-order valence-electron chi connectivity index (χ1n) is 7.18. The number of hydrogen-bond donors (Lipinski definition) is 2. The van der Waals surface area contributed by atoms with Gasteiger partial charge < -0.3 is 5.32 Å². The van der Waals surface area contributed by atoms with E-state index in [9.17, 15) is 8.42 Å². The third kappa shape index (κ3) is 3.68. The highest BCUT2D eigenvalue weighted by molar-refractivity contribution is 7.89. The summed E-state index contributed by atoms with van der Waals surface area (Å²) in [6, 6.07) is 0.159. The topological polar surface area (TPSA) is 58.2 Å². The van der Waals surface area contributed by atoms with Gasteiger partial charge in [-0.15, -0.1) is 0 Å². The van der Waals surface area contributed by atoms with Gasteiger partial charge >= 0.3 is 0 Å². The Morgan fingerprint density at radius 2 is 1.78 bits per heavy atom. The fourth-order valence-corrected chi connectivity index (χ4v) is 5.01. The third-order valence-electron chi connectivity index (χ3n) is 4.71. The van der Waals surface area contributed by atoms with Crippen molar-refractivity contribution in [1.82, 2.24) is 10.0 Å². The highest BCUT2D eigenvalue weighted by Crippen LogP contribution is 2.31. The quantitative estimate of drug-likeness (QED) is 0.813. The largest absolute Gasteiger partial charge is 0.317 e. The van der Waals surface area contributed by atoms with Crippen LogP contribution in [0.5, 0.6) is 0 Å². The predicted molar refractivity (Wildman–Crippen MR) is 73.9 cm³/mol. The molecule has 0 radical (unpaired) electrons. The van der Waals surface area contributed by atoms with Crippen molar-refractivity contribution in [3.63, 3.8) is 0 Å². The van der Waals surface area contributed by atoms with Crippen molar-refractivity contribution in [2.24, 2.45) is 17.8 Å². The fraction of sp³-hybridized carbons (Fsp3) is 1.00. The maximum Gasteiger partial charge on any atom is 0.212 e. The molecule has 1 heterocycles. The molecule has 2 fully saturated rings. The van der Waals surface area contributed by atoms with Crippen molar-refractivity contribution < 1.29 is 8.42 Å². The summed E-state index contributed by atoms with van der Waals surface area (Å²) in [7, 11) is -3.10. The first-order valence-corrected chi connectivity index (χ1v) is 8.84. The molecule has 18 heavy (non-hydrogen) atoms. The Morgan fingerprint density at radius 3 is 2.33 bits per heavy atom. The van der Waals surface area contributed by atoms with E-state index in [1.54, 1.807) is 0 Å². The van der Waals surface area contributed by atoms with Crippen molar-refractivity contribution in [3.05, 3.63) is 0 Å². The Balaban J connectivity index is 1.87. The lowest BCUT2D eigenvalue weighted by Gasteiger charge is -2.25. The molecular weight excluding hydrogens is 248 g/mol. The molecule has 2 aliphatic rings. The zero-order valence-corrected chi connectivity index (χ0v) is 12.3. The lowest BCUT2D eigenvalue weighted by Crippen LogP contribution is -2.41. The molecule has 2 N–H and O–H groups in total. The van der Waals surface area contributed by atoms with E-state index in [4.69, 9.17) is 0 Å². The first kappa shape index (κ1) is 14.3. The number of rotatable bonds is 4. The summed E-state index contributed by atoms with van der Waals surface area (Å²) in [6.07, 6.45) is 4.10. The molecule has 5 heteroatoms. The molecule has 0 spiro atoms. The SMILES string of the molecule is CC1CCC(NS(=O)(=O)CC2CCNCC2)C1C. The van der Waals surface area contributed by atoms with Crippen LogP contribution in [0.15, 0.2) is 0 Å². The highest BCUT2D eigenvalue weighted by Gasteiger charge is 2.33. The zero-order chi connectivity index (χ0) is 13.2. The molecule has 3 atom stereocenters. The Labute approximate surface area is 111 Å². The molecule has 3 unspecified atom stereocenters. The van der Waals surface area contributed by atoms with Gasteiger partial charge in [0.05, 0.1) is 5.75 Å². The predicted octanol–water partition coefficient (Wildman–Crippen LogP) is 1.34. The summed E-state index contributed by atoms with van der Waals surface area (Å²) < 4.78 is 27.3. The van der Waals surface area contributed by atoms with Crippen LogP contribution in [0.2, 0.25) is 0 Å². The zero-order valence-electron chi connectivity index (χ0n) is 11.5. The minimum Gasteiger partial charge on any atom is -0.317 e. The second-order valence-corrected chi connectivity index (χ2v) is 7.91. The smallest absolute Gasteiger partial charge is 0.212 e. The van der Waals surface area contributed by atoms with E-state index in [-0.39, 0.29) is 6.04 Å². The Kier molecular flexibility index (Phi) is 4.67. The van der Waals surface area contributed by atoms with Gasteiger partial charge in [-0.2, -0.15) is 0 Å². The second-order valence-electron chi connectivity index (χ2n) is 6.11. The van der Waals surface area contributed by atoms with E-state index in [0.717, 1.165) is 38.8 Å². The maximum absolute atomic E-state index is 12.2. The van der Waals surface area contributed by atoms with E-state index in [0.29, 0.717) is 23.5 Å². The van der Waals surface area contributed by atoms with E-state index in [1.165, 1.54) is 0 Å². The van der Waals surface area contributed by atoms with Crippen LogP contribution in [-0.2, 0) is 10.0 Å². The summed E-state index contributed by atoms with van der Waals surface area (Å²) in [5.74, 6) is 1.74. The highest BCUT2D eigenvalue weighted by atomic mass is 32.2. The lowest BCUT2D eigenvalue weighted by molar-refractivity contribution is 0.387. The summed E-state index contributed by atoms with van der Waals surface area (Å²) >= 11 is 0. The maximum atomic E-state index is 12.2. The molecule has 1 saturated heterocycles. The van der Waals surface area contributed by atoms with Gasteiger partial charge in [-0.05, 0) is 56.5 Å². The molecule has 1 saturated carbocycles. The van der Waals surface area contributed by atoms with E-state index >= 15 is 0 Å². The minimum atomic E-state index is -3.10. The van der Waals surface area contributed by atoms with Crippen molar-refractivity contribution in [2.45, 2.75) is 45.6 Å². The van der Waals surface area contributed by atoms with Crippen LogP contribution in [0, 0.1) is 17.8 Å². The molecular formula is C13H26N2O2S. The van der Waals surface area contributed by atoms with Gasteiger partial charge in [0.1, 0.15) is 0 Å². The number of sulfonamides is 1. The lowest BCUT2D eigenvalue weighted by atomic mass is 9.98. The molecule has 0 amide bonds. The van der Waals surface area contributed by atoms with Crippen LogP contribution in [0.1, 0.15) is 39.5 Å². The van der Waals surface area contributed by atoms with Crippen LogP contribution in [0.4, 0.5) is 0 Å². The Morgan fingerprint density at radius 1 is 1.11 bits per heavy atom. The molecule has 1 aliphatic carbocycles. The van der Waals surface area contributed by atoms with Crippen LogP contribution in [0.25, 0.3) is 0 Å². The molecule has 2 rings (SSSR count). The van der Waals surface area contributed by atoms with Gasteiger partial charge in [-0.25, -0.2) is 13.1 Å². The van der Waals surface area contributed by atoms with Crippen molar-refractivity contribution >= 4 is 10.0 Å². The first-order chi connectivity index (χ1) is 8.48. The van der Waals surface area contributed by atoms with Crippen molar-refractivity contribution in [2.75, 3.05) is 18.8 Å². The molecule has 0 aromatic heterocycles. The van der Waals surface area contributed by atoms with Crippen LogP contribution >= 0.6 is 0 Å². The van der Waals surface area contributed by atoms with Crippen LogP contribution in [0.3, 0.4) is 0 Å². The normalized spacial score (nSPS) is 34.9. The van der Waals surface area contributed by atoms with Gasteiger partial charge in [0.15, 0.2) is 0 Å². The van der Waals surface area contributed by atoms with E-state index in [1.807, 2.05) is 0 Å². The molecule has 4 nitrogen and oxygen atoms in total. The number of piperidine rings is 1. The van der Waals surface area contributed by atoms with Gasteiger partial charge in [0.25, 0.3) is 0 Å². The fourth-order valence-electron chi connectivity index (χ4n) is 3.17. The average molecular weight is 274 g/mol. The summed E-state index contributed by atoms with van der Waals surface area (Å²) in [4.78, 5) is 0. The molecule has 0 bridgehead atoms. The Bertz CT molecular complexity index is 363. The molecule has 106 valence electrons. The third-order valence-corrected chi connectivity index (χ3v) is 6.28. The second kappa shape index (κ2) is 5.88. The molecule has 0 aromatic carbocycles. The molecule has 0 aromatic rings. The van der Waals surface area contributed by atoms with Crippen molar-refractivity contribution in [3.8, 4) is 0 Å². The Hall–Kier alpha value is -0.130. The minimum absolute atomic E-state index is 0.159. The summed E-state index contributed by atoms with van der Waals surface area (Å²) in [6.45, 7) is 6.29. The van der Waals surface area contributed by atoms with Gasteiger partial charge in [0, 0.05) is 6.04 Å². The van der Waals surface area contributed by atoms with Gasteiger partial charge in [-0.1, -0.05) is 13.8 Å². The van der Waals surface area contributed by atoms with Crippen molar-refractivity contribution in [1.29, 1.82) is 0 Å². The summed E-state index contributed by atoms with van der Waals surface area (Å²) in [5, 5.41) is 3.27. The van der Waals surface area contributed by atoms with Gasteiger partial charge in [-0.3, -0.25) is 0 Å². The van der Waals surface area contributed by atoms with E-state index in [2.05, 4.69) is 23.9 Å². The average Bonchev–Trinajstić information content (AvgIpc) is 2.61. The standard InChI is InChI=1S/C13H26N2O2S/c1-10-3-4-13(11(10)2)15-18(16,17)9-12-5-7-14-8-6-12/h10-15H,3-9H2,1-2H3. The number of hydrogen-bond acceptors (Lipinski definition) is 3. The van der Waals surface area contributed by atoms with E-state index < -0.39 is 10.0 Å². The summed E-state index contributed by atoms with van der Waals surface area (Å²) in [5.41, 5.74) is 0.